The van der Waals surface area contributed by atoms with Gasteiger partial charge in [-0.25, -0.2) is 4.98 Å². The number of hydrogen-bond acceptors (Lipinski definition) is 8. The smallest absolute Gasteiger partial charge is 0.151 e. The summed E-state index contributed by atoms with van der Waals surface area (Å²) in [5.74, 6) is 1.34. The van der Waals surface area contributed by atoms with Gasteiger partial charge in [0.1, 0.15) is 30.3 Å². The van der Waals surface area contributed by atoms with Crippen molar-refractivity contribution < 1.29 is 18.9 Å². The third kappa shape index (κ3) is 6.26. The molecule has 2 aliphatic heterocycles. The number of hydrogen-bond donors (Lipinski definition) is 0. The number of nitrogens with zero attached hydrogens (tertiary/aromatic N) is 4. The molecule has 4 heterocycles. The highest BCUT2D eigenvalue weighted by atomic mass is 32.2. The van der Waals surface area contributed by atoms with Gasteiger partial charge in [0.15, 0.2) is 5.65 Å². The molecular weight excluding hydrogens is 524 g/mol. The summed E-state index contributed by atoms with van der Waals surface area (Å²) in [6.07, 6.45) is 5.60. The van der Waals surface area contributed by atoms with Gasteiger partial charge in [-0.05, 0) is 47.8 Å². The van der Waals surface area contributed by atoms with Crippen LogP contribution in [0.25, 0.3) is 22.2 Å². The molecule has 0 aliphatic carbocycles. The summed E-state index contributed by atoms with van der Waals surface area (Å²) in [7, 11) is 0. The first-order valence-electron chi connectivity index (χ1n) is 13.7. The van der Waals surface area contributed by atoms with Crippen LogP contribution in [0.2, 0.25) is 0 Å². The van der Waals surface area contributed by atoms with Crippen molar-refractivity contribution in [2.45, 2.75) is 23.8 Å². The first-order chi connectivity index (χ1) is 19.8. The lowest BCUT2D eigenvalue weighted by molar-refractivity contribution is 0.0254. The highest BCUT2D eigenvalue weighted by Crippen LogP contribution is 2.37. The molecule has 0 saturated carbocycles. The number of benzene rings is 2. The number of aromatic nitrogens is 2. The summed E-state index contributed by atoms with van der Waals surface area (Å²) < 4.78 is 25.3. The van der Waals surface area contributed by atoms with E-state index in [4.69, 9.17) is 23.9 Å². The summed E-state index contributed by atoms with van der Waals surface area (Å²) in [4.78, 5) is 8.26. The second kappa shape index (κ2) is 12.7. The topological polar surface area (TPSA) is 81.8 Å². The third-order valence-electron chi connectivity index (χ3n) is 7.19. The minimum absolute atomic E-state index is 0.0669. The van der Waals surface area contributed by atoms with Gasteiger partial charge in [-0.3, -0.25) is 8.87 Å². The van der Waals surface area contributed by atoms with Crippen LogP contribution in [0.1, 0.15) is 18.4 Å². The second-order valence-corrected chi connectivity index (χ2v) is 10.9. The minimum atomic E-state index is 0.0669. The van der Waals surface area contributed by atoms with Crippen LogP contribution in [-0.4, -0.2) is 72.6 Å². The third-order valence-corrected chi connectivity index (χ3v) is 8.14. The largest absolute Gasteiger partial charge is 0.491 e. The van der Waals surface area contributed by atoms with Crippen molar-refractivity contribution >= 4 is 23.0 Å². The van der Waals surface area contributed by atoms with E-state index in [2.05, 4.69) is 39.3 Å². The van der Waals surface area contributed by atoms with Gasteiger partial charge in [0.2, 0.25) is 0 Å². The molecular formula is C31H32N4O4S. The van der Waals surface area contributed by atoms with Crippen molar-refractivity contribution in [1.29, 1.82) is 5.26 Å². The van der Waals surface area contributed by atoms with Gasteiger partial charge in [0.05, 0.1) is 38.2 Å². The maximum atomic E-state index is 9.97. The quantitative estimate of drug-likeness (QED) is 0.271. The van der Waals surface area contributed by atoms with Crippen LogP contribution in [0.15, 0.2) is 71.9 Å². The van der Waals surface area contributed by atoms with Crippen molar-refractivity contribution in [2.24, 2.45) is 0 Å². The van der Waals surface area contributed by atoms with Gasteiger partial charge in [0, 0.05) is 54.5 Å². The van der Waals surface area contributed by atoms with Crippen molar-refractivity contribution in [2.75, 3.05) is 52.7 Å². The summed E-state index contributed by atoms with van der Waals surface area (Å²) in [5, 5.41) is 10.9. The molecule has 0 unspecified atom stereocenters. The Morgan fingerprint density at radius 2 is 1.80 bits per heavy atom. The van der Waals surface area contributed by atoms with Crippen LogP contribution in [0.3, 0.4) is 0 Å². The molecule has 9 heteroatoms. The molecule has 8 nitrogen and oxygen atoms in total. The van der Waals surface area contributed by atoms with Gasteiger partial charge < -0.3 is 18.9 Å². The Bertz CT molecular complexity index is 1470. The lowest BCUT2D eigenvalue weighted by Gasteiger charge is -2.26. The average Bonchev–Trinajstić information content (AvgIpc) is 3.36. The Labute approximate surface area is 238 Å². The predicted molar refractivity (Wildman–Crippen MR) is 155 cm³/mol. The van der Waals surface area contributed by atoms with Crippen LogP contribution in [-0.2, 0) is 9.47 Å². The van der Waals surface area contributed by atoms with Crippen LogP contribution in [0.5, 0.6) is 11.5 Å². The fourth-order valence-electron chi connectivity index (χ4n) is 5.01. The van der Waals surface area contributed by atoms with E-state index in [0.717, 1.165) is 78.5 Å². The van der Waals surface area contributed by atoms with E-state index < -0.39 is 0 Å². The van der Waals surface area contributed by atoms with Gasteiger partial charge in [-0.2, -0.15) is 5.26 Å². The molecule has 2 aromatic heterocycles. The normalized spacial score (nSPS) is 16.6. The lowest BCUT2D eigenvalue weighted by Crippen LogP contribution is -2.38. The highest BCUT2D eigenvalue weighted by molar-refractivity contribution is 7.98. The van der Waals surface area contributed by atoms with Gasteiger partial charge in [0.25, 0.3) is 0 Å². The average molecular weight is 557 g/mol. The second-order valence-electron chi connectivity index (χ2n) is 9.87. The zero-order chi connectivity index (χ0) is 27.1. The van der Waals surface area contributed by atoms with E-state index in [1.165, 1.54) is 0 Å². The summed E-state index contributed by atoms with van der Waals surface area (Å²) in [6, 6.07) is 20.5. The number of rotatable bonds is 9. The van der Waals surface area contributed by atoms with Crippen molar-refractivity contribution in [1.82, 2.24) is 13.9 Å². The summed E-state index contributed by atoms with van der Waals surface area (Å²) >= 11 is 1.60. The molecule has 0 N–H and O–H groups in total. The van der Waals surface area contributed by atoms with Crippen LogP contribution in [0.4, 0.5) is 0 Å². The molecule has 6 rings (SSSR count). The Balaban J connectivity index is 1.30. The van der Waals surface area contributed by atoms with E-state index in [9.17, 15) is 5.26 Å². The van der Waals surface area contributed by atoms with Gasteiger partial charge >= 0.3 is 0 Å². The maximum Gasteiger partial charge on any atom is 0.151 e. The molecule has 2 saturated heterocycles. The number of ether oxygens (including phenoxy) is 4. The lowest BCUT2D eigenvalue weighted by atomic mass is 10.0. The van der Waals surface area contributed by atoms with Crippen LogP contribution in [0, 0.1) is 11.3 Å². The fourth-order valence-corrected chi connectivity index (χ4v) is 5.91. The van der Waals surface area contributed by atoms with Gasteiger partial charge in [-0.15, -0.1) is 0 Å². The van der Waals surface area contributed by atoms with Crippen molar-refractivity contribution in [3.05, 3.63) is 72.6 Å². The number of pyridine rings is 1. The van der Waals surface area contributed by atoms with Crippen LogP contribution < -0.4 is 9.47 Å². The number of nitriles is 1. The molecule has 2 aromatic carbocycles. The van der Waals surface area contributed by atoms with Crippen molar-refractivity contribution in [3.63, 3.8) is 0 Å². The maximum absolute atomic E-state index is 9.97. The predicted octanol–water partition coefficient (Wildman–Crippen LogP) is 5.40. The van der Waals surface area contributed by atoms with E-state index in [1.807, 2.05) is 36.4 Å². The molecule has 40 heavy (non-hydrogen) atoms. The molecule has 0 spiro atoms. The molecule has 2 aliphatic rings. The summed E-state index contributed by atoms with van der Waals surface area (Å²) in [6.45, 7) is 6.21. The molecule has 0 bridgehead atoms. The van der Waals surface area contributed by atoms with Gasteiger partial charge in [-0.1, -0.05) is 24.3 Å². The monoisotopic (exact) mass is 556 g/mol. The zero-order valence-electron chi connectivity index (χ0n) is 22.3. The minimum Gasteiger partial charge on any atom is -0.491 e. The first kappa shape index (κ1) is 26.7. The molecule has 4 aromatic rings. The standard InChI is InChI=1S/C31H32N4O4S/c32-20-24-18-23(6-7-30(24)39-25-8-13-36-14-9-25)29-22-35(40-27-4-2-1-3-5-27)31-28(29)19-26(21-33-31)38-17-12-34-10-15-37-16-11-34/h1-7,18-19,21-22,25H,8-17H2. The Kier molecular flexibility index (Phi) is 8.50. The molecule has 0 radical (unpaired) electrons. The molecule has 2 fully saturated rings. The molecule has 206 valence electrons. The Morgan fingerprint density at radius 3 is 2.60 bits per heavy atom. The summed E-state index contributed by atoms with van der Waals surface area (Å²) in [5.41, 5.74) is 3.27. The van der Waals surface area contributed by atoms with Crippen LogP contribution >= 0.6 is 11.9 Å². The van der Waals surface area contributed by atoms with E-state index in [0.29, 0.717) is 31.1 Å². The zero-order valence-corrected chi connectivity index (χ0v) is 23.1. The van der Waals surface area contributed by atoms with Crippen molar-refractivity contribution in [3.8, 4) is 28.7 Å². The van der Waals surface area contributed by atoms with E-state index in [1.54, 1.807) is 18.1 Å². The highest BCUT2D eigenvalue weighted by Gasteiger charge is 2.19. The fraction of sp³-hybridized carbons (Fsp3) is 0.355. The SMILES string of the molecule is N#Cc1cc(-c2cn(Sc3ccccc3)c3ncc(OCCN4CCOCC4)cc23)ccc1OC1CCOCC1. The van der Waals surface area contributed by atoms with E-state index in [-0.39, 0.29) is 6.10 Å². The van der Waals surface area contributed by atoms with E-state index >= 15 is 0 Å². The first-order valence-corrected chi connectivity index (χ1v) is 14.5. The number of fused-ring (bicyclic) bond motifs is 1. The molecule has 0 atom stereocenters. The number of morpholine rings is 1. The Morgan fingerprint density at radius 1 is 1.00 bits per heavy atom. The Hall–Kier alpha value is -3.55. The molecule has 0 amide bonds.